The predicted molar refractivity (Wildman–Crippen MR) is 131 cm³/mol. The molecule has 2 aliphatic heterocycles. The van der Waals surface area contributed by atoms with Crippen LogP contribution in [-0.4, -0.2) is 59.9 Å². The average Bonchev–Trinajstić information content (AvgIpc) is 3.19. The molecular formula is C24H29FN6O4. The Morgan fingerprint density at radius 2 is 1.97 bits per heavy atom. The van der Waals surface area contributed by atoms with Gasteiger partial charge in [-0.15, -0.1) is 0 Å². The van der Waals surface area contributed by atoms with Crippen molar-refractivity contribution in [3.05, 3.63) is 52.2 Å². The van der Waals surface area contributed by atoms with Crippen LogP contribution in [0.4, 0.5) is 26.2 Å². The van der Waals surface area contributed by atoms with Gasteiger partial charge in [0.05, 0.1) is 43.2 Å². The second kappa shape index (κ2) is 10.2. The number of benzene rings is 1. The smallest absolute Gasteiger partial charge is 0.414 e. The molecule has 0 saturated carbocycles. The molecule has 0 bridgehead atoms. The summed E-state index contributed by atoms with van der Waals surface area (Å²) in [5.74, 6) is -0.679. The molecule has 1 atom stereocenters. The molecule has 1 saturated heterocycles. The number of carbonyl (C=O) groups excluding carboxylic acids is 2. The van der Waals surface area contributed by atoms with Crippen LogP contribution in [-0.2, 0) is 22.6 Å². The number of allylic oxidation sites excluding steroid dienone is 2. The Bertz CT molecular complexity index is 1250. The fourth-order valence-electron chi connectivity index (χ4n) is 4.35. The van der Waals surface area contributed by atoms with Crippen molar-refractivity contribution in [3.8, 4) is 0 Å². The van der Waals surface area contributed by atoms with E-state index in [-0.39, 0.29) is 24.6 Å². The van der Waals surface area contributed by atoms with Gasteiger partial charge in [0.25, 0.3) is 5.56 Å². The van der Waals surface area contributed by atoms with Crippen molar-refractivity contribution in [2.45, 2.75) is 40.0 Å². The summed E-state index contributed by atoms with van der Waals surface area (Å²) in [4.78, 5) is 43.8. The van der Waals surface area contributed by atoms with E-state index in [4.69, 9.17) is 4.74 Å². The van der Waals surface area contributed by atoms with Gasteiger partial charge in [-0.25, -0.2) is 18.9 Å². The van der Waals surface area contributed by atoms with Gasteiger partial charge in [-0.2, -0.15) is 0 Å². The minimum absolute atomic E-state index is 0.165. The van der Waals surface area contributed by atoms with Gasteiger partial charge >= 0.3 is 6.09 Å². The Morgan fingerprint density at radius 3 is 2.66 bits per heavy atom. The van der Waals surface area contributed by atoms with Gasteiger partial charge in [0.15, 0.2) is 5.69 Å². The van der Waals surface area contributed by atoms with Crippen molar-refractivity contribution >= 4 is 35.3 Å². The Morgan fingerprint density at radius 1 is 1.23 bits per heavy atom. The topological polar surface area (TPSA) is 101 Å². The van der Waals surface area contributed by atoms with Crippen molar-refractivity contribution in [1.29, 1.82) is 0 Å². The highest BCUT2D eigenvalue weighted by atomic mass is 19.1. The lowest BCUT2D eigenvalue weighted by molar-refractivity contribution is -0.119. The lowest BCUT2D eigenvalue weighted by atomic mass is 10.2. The quantitative estimate of drug-likeness (QED) is 0.635. The number of rotatable bonds is 6. The largest absolute Gasteiger partial charge is 0.442 e. The minimum atomic E-state index is -0.579. The molecule has 2 amide bonds. The maximum absolute atomic E-state index is 15.2. The number of hydrogen-bond donors (Lipinski definition) is 1. The zero-order chi connectivity index (χ0) is 25.1. The van der Waals surface area contributed by atoms with Gasteiger partial charge in [-0.3, -0.25) is 19.2 Å². The van der Waals surface area contributed by atoms with Crippen LogP contribution in [0, 0.1) is 12.7 Å². The molecule has 1 aromatic carbocycles. The lowest BCUT2D eigenvalue weighted by Gasteiger charge is -2.24. The van der Waals surface area contributed by atoms with Gasteiger partial charge in [0, 0.05) is 26.2 Å². The molecule has 1 aromatic heterocycles. The zero-order valence-corrected chi connectivity index (χ0v) is 20.0. The summed E-state index contributed by atoms with van der Waals surface area (Å²) >= 11 is 0. The van der Waals surface area contributed by atoms with Crippen LogP contribution >= 0.6 is 0 Å². The molecule has 0 radical (unpaired) electrons. The third-order valence-electron chi connectivity index (χ3n) is 6.14. The number of halogens is 1. The van der Waals surface area contributed by atoms with Gasteiger partial charge < -0.3 is 15.0 Å². The molecule has 4 rings (SSSR count). The number of ether oxygens (including phenoxy) is 1. The minimum Gasteiger partial charge on any atom is -0.442 e. The fourth-order valence-corrected chi connectivity index (χ4v) is 4.35. The molecule has 0 spiro atoms. The summed E-state index contributed by atoms with van der Waals surface area (Å²) < 4.78 is 24.0. The van der Waals surface area contributed by atoms with Crippen LogP contribution < -0.4 is 20.7 Å². The van der Waals surface area contributed by atoms with Crippen molar-refractivity contribution in [3.63, 3.8) is 0 Å². The van der Waals surface area contributed by atoms with E-state index in [9.17, 15) is 14.4 Å². The molecule has 11 heteroatoms. The average molecular weight is 485 g/mol. The zero-order valence-electron chi connectivity index (χ0n) is 20.0. The van der Waals surface area contributed by atoms with Gasteiger partial charge in [0.2, 0.25) is 5.91 Å². The second-order valence-corrected chi connectivity index (χ2v) is 8.47. The summed E-state index contributed by atoms with van der Waals surface area (Å²) in [6, 6.07) is 4.63. The van der Waals surface area contributed by atoms with E-state index in [1.165, 1.54) is 17.9 Å². The highest BCUT2D eigenvalue weighted by molar-refractivity contribution is 5.90. The molecule has 186 valence electrons. The van der Waals surface area contributed by atoms with E-state index in [2.05, 4.69) is 10.3 Å². The molecule has 2 aliphatic rings. The number of anilines is 2. The highest BCUT2D eigenvalue weighted by Crippen LogP contribution is 2.29. The summed E-state index contributed by atoms with van der Waals surface area (Å²) in [7, 11) is 0. The Labute approximate surface area is 202 Å². The summed E-state index contributed by atoms with van der Waals surface area (Å²) in [5.41, 5.74) is 1.82. The number of aliphatic imine (C=N–C) groups is 1. The second-order valence-electron chi connectivity index (χ2n) is 8.47. The van der Waals surface area contributed by atoms with E-state index in [1.54, 1.807) is 29.1 Å². The van der Waals surface area contributed by atoms with Crippen molar-refractivity contribution in [2.75, 3.05) is 36.0 Å². The molecule has 1 fully saturated rings. The summed E-state index contributed by atoms with van der Waals surface area (Å²) in [6.07, 6.45) is 4.14. The SMILES string of the molecule is CC=CC=Nc1c(C)n2n(c1=O)CCN(c1ccc(N3C[C@H](CNC(C)=O)OC3=O)cc1F)CC2. The van der Waals surface area contributed by atoms with Crippen molar-refractivity contribution in [1.82, 2.24) is 14.7 Å². The van der Waals surface area contributed by atoms with Gasteiger partial charge in [0.1, 0.15) is 11.9 Å². The van der Waals surface area contributed by atoms with Crippen LogP contribution in [0.25, 0.3) is 0 Å². The number of cyclic esters (lactones) is 1. The number of carbonyl (C=O) groups is 2. The molecule has 0 aliphatic carbocycles. The standard InChI is InChI=1S/C24H29FN6O4/c1-4-5-8-26-22-16(2)30-11-9-28(10-12-31(30)23(22)33)21-7-6-18(13-20(21)25)29-15-19(35-24(29)34)14-27-17(3)32/h4-8,13,19H,9-12,14-15H2,1-3H3,(H,27,32)/t19-/m0/s1. The first-order valence-corrected chi connectivity index (χ1v) is 11.5. The molecule has 3 heterocycles. The number of nitrogens with zero attached hydrogens (tertiary/aromatic N) is 5. The number of amides is 2. The molecule has 35 heavy (non-hydrogen) atoms. The van der Waals surface area contributed by atoms with E-state index in [0.717, 1.165) is 5.69 Å². The van der Waals surface area contributed by atoms with Crippen LogP contribution in [0.15, 0.2) is 40.1 Å². The van der Waals surface area contributed by atoms with Crippen molar-refractivity contribution in [2.24, 2.45) is 4.99 Å². The van der Waals surface area contributed by atoms with Crippen LogP contribution in [0.5, 0.6) is 0 Å². The highest BCUT2D eigenvalue weighted by Gasteiger charge is 2.33. The summed E-state index contributed by atoms with van der Waals surface area (Å²) in [5, 5.41) is 2.62. The molecule has 2 aromatic rings. The molecule has 1 N–H and O–H groups in total. The molecule has 0 unspecified atom stereocenters. The monoisotopic (exact) mass is 484 g/mol. The third kappa shape index (κ3) is 4.98. The van der Waals surface area contributed by atoms with Gasteiger partial charge in [-0.05, 0) is 38.1 Å². The fraction of sp³-hybridized carbons (Fsp3) is 0.417. The van der Waals surface area contributed by atoms with E-state index >= 15 is 4.39 Å². The predicted octanol–water partition coefficient (Wildman–Crippen LogP) is 2.36. The first-order chi connectivity index (χ1) is 16.8. The molecular weight excluding hydrogens is 455 g/mol. The maximum atomic E-state index is 15.2. The normalized spacial score (nSPS) is 18.3. The summed E-state index contributed by atoms with van der Waals surface area (Å²) in [6.45, 7) is 7.40. The van der Waals surface area contributed by atoms with E-state index < -0.39 is 18.0 Å². The number of hydrogen-bond acceptors (Lipinski definition) is 6. The van der Waals surface area contributed by atoms with Crippen LogP contribution in [0.3, 0.4) is 0 Å². The van der Waals surface area contributed by atoms with E-state index in [0.29, 0.717) is 43.2 Å². The number of nitrogens with one attached hydrogen (secondary N) is 1. The number of aromatic nitrogens is 2. The van der Waals surface area contributed by atoms with Crippen molar-refractivity contribution < 1.29 is 18.7 Å². The number of fused-ring (bicyclic) bond motifs is 1. The van der Waals surface area contributed by atoms with Crippen LogP contribution in [0.1, 0.15) is 19.5 Å². The first-order valence-electron chi connectivity index (χ1n) is 11.5. The van der Waals surface area contributed by atoms with Gasteiger partial charge in [-0.1, -0.05) is 6.08 Å². The Balaban J connectivity index is 1.48. The Hall–Kier alpha value is -3.89. The lowest BCUT2D eigenvalue weighted by Crippen LogP contribution is -2.33. The maximum Gasteiger partial charge on any atom is 0.414 e. The first kappa shape index (κ1) is 24.2. The van der Waals surface area contributed by atoms with E-state index in [1.807, 2.05) is 29.5 Å². The van der Waals surface area contributed by atoms with Crippen LogP contribution in [0.2, 0.25) is 0 Å². The molecule has 10 nitrogen and oxygen atoms in total. The Kier molecular flexibility index (Phi) is 7.04. The third-order valence-corrected chi connectivity index (χ3v) is 6.14.